The highest BCUT2D eigenvalue weighted by Crippen LogP contribution is 2.18. The van der Waals surface area contributed by atoms with Gasteiger partial charge in [0.25, 0.3) is 0 Å². The second-order valence-electron chi connectivity index (χ2n) is 3.57. The predicted octanol–water partition coefficient (Wildman–Crippen LogP) is 2.70. The van der Waals surface area contributed by atoms with Crippen molar-refractivity contribution in [2.24, 2.45) is 0 Å². The minimum atomic E-state index is 0.548. The number of hydrogen-bond donors (Lipinski definition) is 0. The Morgan fingerprint density at radius 3 is 3.12 bits per heavy atom. The summed E-state index contributed by atoms with van der Waals surface area (Å²) in [6.07, 6.45) is 2.98. The number of aryl methyl sites for hydroxylation is 2. The summed E-state index contributed by atoms with van der Waals surface area (Å²) >= 11 is 5.85. The molecule has 5 heteroatoms. The molecule has 16 heavy (non-hydrogen) atoms. The van der Waals surface area contributed by atoms with Crippen molar-refractivity contribution in [2.45, 2.75) is 26.3 Å². The van der Waals surface area contributed by atoms with E-state index in [4.69, 9.17) is 16.9 Å². The van der Waals surface area contributed by atoms with E-state index in [9.17, 15) is 0 Å². The van der Waals surface area contributed by atoms with Gasteiger partial charge < -0.3 is 4.57 Å². The van der Waals surface area contributed by atoms with E-state index < -0.39 is 0 Å². The van der Waals surface area contributed by atoms with Crippen LogP contribution in [0.15, 0.2) is 12.3 Å². The first-order valence-electron chi connectivity index (χ1n) is 5.07. The Kier molecular flexibility index (Phi) is 3.07. The minimum Gasteiger partial charge on any atom is -0.313 e. The quantitative estimate of drug-likeness (QED) is 0.768. The number of unbranched alkanes of at least 4 members (excludes halogenated alkanes) is 1. The van der Waals surface area contributed by atoms with Gasteiger partial charge in [0, 0.05) is 19.2 Å². The van der Waals surface area contributed by atoms with Crippen molar-refractivity contribution in [1.29, 1.82) is 5.26 Å². The van der Waals surface area contributed by atoms with Crippen LogP contribution in [0.3, 0.4) is 0 Å². The van der Waals surface area contributed by atoms with Crippen LogP contribution in [-0.2, 0) is 6.54 Å². The first kappa shape index (κ1) is 10.9. The van der Waals surface area contributed by atoms with Gasteiger partial charge in [-0.2, -0.15) is 5.26 Å². The molecule has 0 bridgehead atoms. The molecular formula is C11H11ClN4. The van der Waals surface area contributed by atoms with E-state index in [2.05, 4.69) is 16.0 Å². The number of pyridine rings is 1. The highest BCUT2D eigenvalue weighted by molar-refractivity contribution is 6.31. The van der Waals surface area contributed by atoms with E-state index in [-0.39, 0.29) is 0 Å². The highest BCUT2D eigenvalue weighted by atomic mass is 35.5. The topological polar surface area (TPSA) is 54.5 Å². The summed E-state index contributed by atoms with van der Waals surface area (Å²) in [7, 11) is 0. The van der Waals surface area contributed by atoms with Crippen LogP contribution in [0.1, 0.15) is 18.7 Å². The van der Waals surface area contributed by atoms with Crippen LogP contribution in [0.5, 0.6) is 0 Å². The average molecular weight is 235 g/mol. The van der Waals surface area contributed by atoms with Gasteiger partial charge in [0.05, 0.1) is 11.1 Å². The second kappa shape index (κ2) is 4.50. The Bertz CT molecular complexity index is 553. The van der Waals surface area contributed by atoms with Crippen LogP contribution in [0.4, 0.5) is 0 Å². The summed E-state index contributed by atoms with van der Waals surface area (Å²) in [4.78, 5) is 8.65. The second-order valence-corrected chi connectivity index (χ2v) is 4.01. The molecule has 0 unspecified atom stereocenters. The molecule has 0 aliphatic carbocycles. The first-order valence-corrected chi connectivity index (χ1v) is 5.45. The number of fused-ring (bicyclic) bond motifs is 1. The molecule has 4 nitrogen and oxygen atoms in total. The van der Waals surface area contributed by atoms with E-state index >= 15 is 0 Å². The summed E-state index contributed by atoms with van der Waals surface area (Å²) in [5.41, 5.74) is 1.64. The van der Waals surface area contributed by atoms with Crippen molar-refractivity contribution in [2.75, 3.05) is 0 Å². The fraction of sp³-hybridized carbons (Fsp3) is 0.364. The van der Waals surface area contributed by atoms with Gasteiger partial charge in [-0.15, -0.1) is 0 Å². The van der Waals surface area contributed by atoms with Crippen molar-refractivity contribution in [1.82, 2.24) is 14.5 Å². The summed E-state index contributed by atoms with van der Waals surface area (Å²) < 4.78 is 2.02. The zero-order valence-electron chi connectivity index (χ0n) is 8.94. The smallest absolute Gasteiger partial charge is 0.160 e. The van der Waals surface area contributed by atoms with Gasteiger partial charge in [-0.25, -0.2) is 9.97 Å². The third-order valence-corrected chi connectivity index (χ3v) is 2.62. The third kappa shape index (κ3) is 2.00. The van der Waals surface area contributed by atoms with Crippen LogP contribution in [-0.4, -0.2) is 14.5 Å². The molecule has 0 atom stereocenters. The zero-order chi connectivity index (χ0) is 11.5. The molecule has 2 heterocycles. The molecule has 0 saturated carbocycles. The average Bonchev–Trinajstić information content (AvgIpc) is 2.55. The van der Waals surface area contributed by atoms with Gasteiger partial charge in [0.1, 0.15) is 11.3 Å². The number of aromatic nitrogens is 3. The van der Waals surface area contributed by atoms with Gasteiger partial charge in [0.15, 0.2) is 5.65 Å². The van der Waals surface area contributed by atoms with Crippen molar-refractivity contribution in [3.05, 3.63) is 23.1 Å². The predicted molar refractivity (Wildman–Crippen MR) is 62.1 cm³/mol. The monoisotopic (exact) mass is 234 g/mol. The number of rotatable bonds is 3. The first-order chi connectivity index (χ1) is 7.72. The molecule has 0 aliphatic heterocycles. The summed E-state index contributed by atoms with van der Waals surface area (Å²) in [6, 6.07) is 3.93. The molecule has 0 spiro atoms. The summed E-state index contributed by atoms with van der Waals surface area (Å²) in [5.74, 6) is 0.905. The maximum Gasteiger partial charge on any atom is 0.160 e. The molecule has 0 N–H and O–H groups in total. The molecule has 2 rings (SSSR count). The Morgan fingerprint density at radius 1 is 1.56 bits per heavy atom. The van der Waals surface area contributed by atoms with Gasteiger partial charge in [-0.3, -0.25) is 0 Å². The standard InChI is InChI=1S/C11H11ClN4/c1-8-15-10-6-9(12)7-14-11(10)16(8)5-3-2-4-13/h6-7H,2-3,5H2,1H3. The van der Waals surface area contributed by atoms with E-state index in [0.717, 1.165) is 30.0 Å². The van der Waals surface area contributed by atoms with Gasteiger partial charge in [0.2, 0.25) is 0 Å². The molecule has 0 radical (unpaired) electrons. The lowest BCUT2D eigenvalue weighted by molar-refractivity contribution is 0.647. The third-order valence-electron chi connectivity index (χ3n) is 2.41. The van der Waals surface area contributed by atoms with Gasteiger partial charge in [-0.1, -0.05) is 11.6 Å². The summed E-state index contributed by atoms with van der Waals surface area (Å²) in [5, 5.41) is 9.10. The van der Waals surface area contributed by atoms with Gasteiger partial charge in [-0.05, 0) is 19.4 Å². The van der Waals surface area contributed by atoms with Crippen LogP contribution < -0.4 is 0 Å². The molecule has 0 amide bonds. The van der Waals surface area contributed by atoms with Crippen LogP contribution in [0, 0.1) is 18.3 Å². The fourth-order valence-electron chi connectivity index (χ4n) is 1.68. The Balaban J connectivity index is 2.37. The van der Waals surface area contributed by atoms with Gasteiger partial charge >= 0.3 is 0 Å². The summed E-state index contributed by atoms with van der Waals surface area (Å²) in [6.45, 7) is 2.70. The largest absolute Gasteiger partial charge is 0.313 e. The maximum absolute atomic E-state index is 8.51. The number of imidazole rings is 1. The Morgan fingerprint density at radius 2 is 2.38 bits per heavy atom. The van der Waals surface area contributed by atoms with E-state index in [1.54, 1.807) is 12.3 Å². The molecule has 82 valence electrons. The lowest BCUT2D eigenvalue weighted by atomic mass is 10.3. The molecule has 2 aromatic rings. The number of nitrogens with zero attached hydrogens (tertiary/aromatic N) is 4. The highest BCUT2D eigenvalue weighted by Gasteiger charge is 2.08. The van der Waals surface area contributed by atoms with Crippen molar-refractivity contribution >= 4 is 22.8 Å². The normalized spacial score (nSPS) is 10.6. The van der Waals surface area contributed by atoms with Crippen LogP contribution >= 0.6 is 11.6 Å². The fourth-order valence-corrected chi connectivity index (χ4v) is 1.84. The molecular weight excluding hydrogens is 224 g/mol. The number of nitriles is 1. The minimum absolute atomic E-state index is 0.548. The van der Waals surface area contributed by atoms with Crippen molar-refractivity contribution in [3.8, 4) is 6.07 Å². The number of halogens is 1. The number of hydrogen-bond acceptors (Lipinski definition) is 3. The lowest BCUT2D eigenvalue weighted by Gasteiger charge is -2.03. The molecule has 2 aromatic heterocycles. The SMILES string of the molecule is Cc1nc2cc(Cl)cnc2n1CCCC#N. The molecule has 0 saturated heterocycles. The zero-order valence-corrected chi connectivity index (χ0v) is 9.70. The van der Waals surface area contributed by atoms with E-state index in [1.807, 2.05) is 11.5 Å². The Hall–Kier alpha value is -1.60. The van der Waals surface area contributed by atoms with Crippen LogP contribution in [0.2, 0.25) is 5.02 Å². The molecule has 0 aromatic carbocycles. The van der Waals surface area contributed by atoms with Crippen molar-refractivity contribution < 1.29 is 0 Å². The molecule has 0 aliphatic rings. The Labute approximate surface area is 98.5 Å². The van der Waals surface area contributed by atoms with E-state index in [0.29, 0.717) is 11.4 Å². The van der Waals surface area contributed by atoms with E-state index in [1.165, 1.54) is 0 Å². The molecule has 0 fully saturated rings. The maximum atomic E-state index is 8.51. The lowest BCUT2D eigenvalue weighted by Crippen LogP contribution is -2.01. The van der Waals surface area contributed by atoms with Crippen LogP contribution in [0.25, 0.3) is 11.2 Å². The van der Waals surface area contributed by atoms with Crippen molar-refractivity contribution in [3.63, 3.8) is 0 Å².